The topological polar surface area (TPSA) is 61.4 Å². The van der Waals surface area contributed by atoms with E-state index in [0.29, 0.717) is 6.54 Å². The average Bonchev–Trinajstić information content (AvgIpc) is 2.52. The number of aliphatic hydroxyl groups excluding tert-OH is 1. The summed E-state index contributed by atoms with van der Waals surface area (Å²) in [5.74, 6) is 0.172. The van der Waals surface area contributed by atoms with Crippen molar-refractivity contribution in [2.24, 2.45) is 5.92 Å². The van der Waals surface area contributed by atoms with Gasteiger partial charge in [-0.2, -0.15) is 0 Å². The Morgan fingerprint density at radius 2 is 2.42 bits per heavy atom. The van der Waals surface area contributed by atoms with Crippen molar-refractivity contribution in [3.8, 4) is 0 Å². The van der Waals surface area contributed by atoms with Crippen molar-refractivity contribution in [2.45, 2.75) is 6.42 Å². The molecule has 0 radical (unpaired) electrons. The summed E-state index contributed by atoms with van der Waals surface area (Å²) < 4.78 is 0. The van der Waals surface area contributed by atoms with E-state index in [2.05, 4.69) is 10.6 Å². The molecule has 0 aromatic rings. The van der Waals surface area contributed by atoms with E-state index in [1.165, 1.54) is 0 Å². The smallest absolute Gasteiger partial charge is 0.224 e. The van der Waals surface area contributed by atoms with Gasteiger partial charge in [0.15, 0.2) is 0 Å². The van der Waals surface area contributed by atoms with Crippen molar-refractivity contribution in [2.75, 3.05) is 26.2 Å². The molecular weight excluding hydrogens is 180 g/mol. The van der Waals surface area contributed by atoms with Crippen molar-refractivity contribution in [3.05, 3.63) is 0 Å². The van der Waals surface area contributed by atoms with E-state index in [0.717, 1.165) is 19.5 Å². The quantitative estimate of drug-likeness (QED) is 0.547. The van der Waals surface area contributed by atoms with Gasteiger partial charge in [-0.15, -0.1) is 12.4 Å². The monoisotopic (exact) mass is 194 g/mol. The average molecular weight is 195 g/mol. The Morgan fingerprint density at radius 3 is 2.92 bits per heavy atom. The van der Waals surface area contributed by atoms with Crippen LogP contribution in [0.4, 0.5) is 0 Å². The molecule has 0 spiro atoms. The molecule has 1 fully saturated rings. The van der Waals surface area contributed by atoms with Crippen LogP contribution in [0.2, 0.25) is 0 Å². The number of hydrogen-bond acceptors (Lipinski definition) is 3. The van der Waals surface area contributed by atoms with Crippen LogP contribution in [0.1, 0.15) is 6.42 Å². The fraction of sp³-hybridized carbons (Fsp3) is 0.857. The maximum Gasteiger partial charge on any atom is 0.224 e. The third-order valence-corrected chi connectivity index (χ3v) is 1.84. The lowest BCUT2D eigenvalue weighted by atomic mass is 10.1. The summed E-state index contributed by atoms with van der Waals surface area (Å²) in [6, 6.07) is 0. The molecule has 0 unspecified atom stereocenters. The van der Waals surface area contributed by atoms with Crippen molar-refractivity contribution in [3.63, 3.8) is 0 Å². The summed E-state index contributed by atoms with van der Waals surface area (Å²) in [6.07, 6.45) is 0.914. The van der Waals surface area contributed by atoms with Crippen LogP contribution < -0.4 is 10.6 Å². The lowest BCUT2D eigenvalue weighted by Crippen LogP contribution is -2.33. The summed E-state index contributed by atoms with van der Waals surface area (Å²) in [7, 11) is 0. The summed E-state index contributed by atoms with van der Waals surface area (Å²) in [5, 5.41) is 14.2. The van der Waals surface area contributed by atoms with Gasteiger partial charge in [0.2, 0.25) is 5.91 Å². The molecule has 0 bridgehead atoms. The van der Waals surface area contributed by atoms with Crippen LogP contribution in [-0.2, 0) is 4.79 Å². The zero-order valence-electron chi connectivity index (χ0n) is 6.88. The fourth-order valence-corrected chi connectivity index (χ4v) is 1.20. The molecule has 0 saturated carbocycles. The normalized spacial score (nSPS) is 21.6. The molecule has 1 aliphatic rings. The van der Waals surface area contributed by atoms with Crippen molar-refractivity contribution in [1.82, 2.24) is 10.6 Å². The molecule has 3 N–H and O–H groups in total. The van der Waals surface area contributed by atoms with Gasteiger partial charge in [-0.05, 0) is 13.0 Å². The van der Waals surface area contributed by atoms with Crippen molar-refractivity contribution >= 4 is 18.3 Å². The fourth-order valence-electron chi connectivity index (χ4n) is 1.20. The van der Waals surface area contributed by atoms with E-state index in [-0.39, 0.29) is 30.8 Å². The maximum absolute atomic E-state index is 11.1. The highest BCUT2D eigenvalue weighted by Crippen LogP contribution is 2.06. The zero-order chi connectivity index (χ0) is 8.10. The second-order valence-corrected chi connectivity index (χ2v) is 2.70. The van der Waals surface area contributed by atoms with E-state index >= 15 is 0 Å². The number of nitrogens with one attached hydrogen (secondary N) is 2. The highest BCUT2D eigenvalue weighted by molar-refractivity contribution is 5.85. The van der Waals surface area contributed by atoms with Crippen LogP contribution >= 0.6 is 12.4 Å². The number of hydrogen-bond donors (Lipinski definition) is 3. The molecular formula is C7H15ClN2O2. The minimum Gasteiger partial charge on any atom is -0.395 e. The lowest BCUT2D eigenvalue weighted by Gasteiger charge is -2.07. The van der Waals surface area contributed by atoms with Gasteiger partial charge in [0.25, 0.3) is 0 Å². The minimum absolute atomic E-state index is 0. The highest BCUT2D eigenvalue weighted by atomic mass is 35.5. The summed E-state index contributed by atoms with van der Waals surface area (Å²) in [6.45, 7) is 2.09. The van der Waals surface area contributed by atoms with Gasteiger partial charge in [-0.1, -0.05) is 0 Å². The Kier molecular flexibility index (Phi) is 6.06. The van der Waals surface area contributed by atoms with E-state index in [4.69, 9.17) is 5.11 Å². The number of aliphatic hydroxyl groups is 1. The van der Waals surface area contributed by atoms with Crippen LogP contribution in [0.15, 0.2) is 0 Å². The summed E-state index contributed by atoms with van der Waals surface area (Å²) >= 11 is 0. The van der Waals surface area contributed by atoms with Crippen LogP contribution in [0, 0.1) is 5.92 Å². The Balaban J connectivity index is 0.00000121. The van der Waals surface area contributed by atoms with E-state index in [9.17, 15) is 4.79 Å². The second-order valence-electron chi connectivity index (χ2n) is 2.70. The molecule has 1 aliphatic heterocycles. The third-order valence-electron chi connectivity index (χ3n) is 1.84. The third kappa shape index (κ3) is 3.38. The van der Waals surface area contributed by atoms with Crippen LogP contribution in [0.25, 0.3) is 0 Å². The SMILES string of the molecule is Cl.O=C(NCCO)[C@@H]1CCNC1. The Hall–Kier alpha value is -0.320. The number of amides is 1. The van der Waals surface area contributed by atoms with E-state index < -0.39 is 0 Å². The van der Waals surface area contributed by atoms with E-state index in [1.54, 1.807) is 0 Å². The summed E-state index contributed by atoms with van der Waals surface area (Å²) in [5.41, 5.74) is 0. The van der Waals surface area contributed by atoms with Gasteiger partial charge >= 0.3 is 0 Å². The first-order valence-corrected chi connectivity index (χ1v) is 3.94. The first-order chi connectivity index (χ1) is 5.34. The molecule has 1 amide bonds. The molecule has 1 heterocycles. The molecule has 1 saturated heterocycles. The van der Waals surface area contributed by atoms with Crippen LogP contribution in [0.3, 0.4) is 0 Å². The first-order valence-electron chi connectivity index (χ1n) is 3.94. The van der Waals surface area contributed by atoms with Gasteiger partial charge < -0.3 is 15.7 Å². The molecule has 0 aromatic carbocycles. The minimum atomic E-state index is 0. The van der Waals surface area contributed by atoms with Gasteiger partial charge in [0, 0.05) is 13.1 Å². The van der Waals surface area contributed by atoms with E-state index in [1.807, 2.05) is 0 Å². The summed E-state index contributed by atoms with van der Waals surface area (Å²) in [4.78, 5) is 11.1. The van der Waals surface area contributed by atoms with Crippen molar-refractivity contribution < 1.29 is 9.90 Å². The first kappa shape index (κ1) is 11.7. The van der Waals surface area contributed by atoms with Gasteiger partial charge in [0.05, 0.1) is 12.5 Å². The van der Waals surface area contributed by atoms with Crippen LogP contribution in [0.5, 0.6) is 0 Å². The molecule has 1 atom stereocenters. The van der Waals surface area contributed by atoms with Crippen LogP contribution in [-0.4, -0.2) is 37.3 Å². The number of halogens is 1. The highest BCUT2D eigenvalue weighted by Gasteiger charge is 2.21. The number of carbonyl (C=O) groups excluding carboxylic acids is 1. The zero-order valence-corrected chi connectivity index (χ0v) is 7.69. The number of rotatable bonds is 3. The predicted molar refractivity (Wildman–Crippen MR) is 48.3 cm³/mol. The number of carbonyl (C=O) groups is 1. The Morgan fingerprint density at radius 1 is 1.67 bits per heavy atom. The predicted octanol–water partition coefficient (Wildman–Crippen LogP) is -0.874. The molecule has 0 aliphatic carbocycles. The molecule has 0 aromatic heterocycles. The van der Waals surface area contributed by atoms with Gasteiger partial charge in [0.1, 0.15) is 0 Å². The Labute approximate surface area is 78.1 Å². The van der Waals surface area contributed by atoms with Crippen molar-refractivity contribution in [1.29, 1.82) is 0 Å². The molecule has 12 heavy (non-hydrogen) atoms. The van der Waals surface area contributed by atoms with Gasteiger partial charge in [-0.3, -0.25) is 4.79 Å². The molecule has 4 nitrogen and oxygen atoms in total. The second kappa shape index (κ2) is 6.22. The standard InChI is InChI=1S/C7H14N2O2.ClH/c10-4-3-9-7(11)6-1-2-8-5-6;/h6,8,10H,1-5H2,(H,9,11);1H/t6-;/m1./s1. The molecule has 72 valence electrons. The largest absolute Gasteiger partial charge is 0.395 e. The molecule has 5 heteroatoms. The molecule has 1 rings (SSSR count). The maximum atomic E-state index is 11.1. The van der Waals surface area contributed by atoms with Gasteiger partial charge in [-0.25, -0.2) is 0 Å². The lowest BCUT2D eigenvalue weighted by molar-refractivity contribution is -0.124. The Bertz CT molecular complexity index is 137.